The van der Waals surface area contributed by atoms with Crippen molar-refractivity contribution >= 4 is 16.8 Å². The number of aryl methyl sites for hydroxylation is 2. The third-order valence-corrected chi connectivity index (χ3v) is 4.76. The first-order chi connectivity index (χ1) is 11.5. The molecular formula is C18H20N2O4. The summed E-state index contributed by atoms with van der Waals surface area (Å²) in [5.41, 5.74) is 3.28. The summed E-state index contributed by atoms with van der Waals surface area (Å²) in [5, 5.41) is 13.6. The normalized spacial score (nSPS) is 29.0. The van der Waals surface area contributed by atoms with E-state index in [1.807, 2.05) is 32.0 Å². The van der Waals surface area contributed by atoms with Gasteiger partial charge in [-0.1, -0.05) is 18.2 Å². The molecule has 24 heavy (non-hydrogen) atoms. The molecule has 2 N–H and O–H groups in total. The van der Waals surface area contributed by atoms with E-state index in [1.165, 1.54) is 0 Å². The molecule has 2 saturated heterocycles. The van der Waals surface area contributed by atoms with Crippen LogP contribution in [0.4, 0.5) is 0 Å². The molecule has 3 heterocycles. The highest BCUT2D eigenvalue weighted by Gasteiger charge is 2.47. The van der Waals surface area contributed by atoms with Crippen molar-refractivity contribution in [3.63, 3.8) is 0 Å². The number of aliphatic hydroxyl groups is 1. The van der Waals surface area contributed by atoms with E-state index in [0.29, 0.717) is 12.2 Å². The number of carbonyl (C=O) groups is 1. The van der Waals surface area contributed by atoms with Crippen molar-refractivity contribution in [3.8, 4) is 0 Å². The number of nitrogens with zero attached hydrogens (tertiary/aromatic N) is 1. The van der Waals surface area contributed by atoms with Gasteiger partial charge in [0.1, 0.15) is 18.3 Å². The van der Waals surface area contributed by atoms with Gasteiger partial charge in [0.15, 0.2) is 0 Å². The van der Waals surface area contributed by atoms with Gasteiger partial charge in [-0.25, -0.2) is 0 Å². The predicted molar refractivity (Wildman–Crippen MR) is 88.0 cm³/mol. The molecule has 0 bridgehead atoms. The Morgan fingerprint density at radius 2 is 2.04 bits per heavy atom. The Bertz CT molecular complexity index is 807. The standard InChI is InChI=1S/C18H20N2O4/c1-9-4-3-5-11-12(6-10(2)19-15(9)11)18(22)20-13-7-23-17-14(21)8-24-16(13)17/h3-6,13-14,16-17,21H,7-8H2,1-2H3,(H,20,22)/t13-,14-,16-,17-/m1/s1. The number of hydrogen-bond acceptors (Lipinski definition) is 5. The third-order valence-electron chi connectivity index (χ3n) is 4.76. The molecule has 2 aliphatic heterocycles. The van der Waals surface area contributed by atoms with E-state index in [4.69, 9.17) is 9.47 Å². The fraction of sp³-hybridized carbons (Fsp3) is 0.444. The SMILES string of the molecule is Cc1cc(C(=O)N[C@@H]2CO[C@H]3[C@@H]2OC[C@H]3O)c2cccc(C)c2n1. The minimum atomic E-state index is -0.622. The highest BCUT2D eigenvalue weighted by Crippen LogP contribution is 2.28. The summed E-state index contributed by atoms with van der Waals surface area (Å²) in [6.45, 7) is 4.46. The lowest BCUT2D eigenvalue weighted by molar-refractivity contribution is 0.0178. The van der Waals surface area contributed by atoms with E-state index in [2.05, 4.69) is 10.3 Å². The van der Waals surface area contributed by atoms with Crippen molar-refractivity contribution in [1.29, 1.82) is 0 Å². The molecule has 126 valence electrons. The van der Waals surface area contributed by atoms with E-state index in [-0.39, 0.29) is 30.8 Å². The van der Waals surface area contributed by atoms with Gasteiger partial charge in [0.05, 0.1) is 30.3 Å². The fourth-order valence-corrected chi connectivity index (χ4v) is 3.56. The first-order valence-corrected chi connectivity index (χ1v) is 8.13. The third kappa shape index (κ3) is 2.47. The number of aliphatic hydroxyl groups excluding tert-OH is 1. The number of rotatable bonds is 2. The summed E-state index contributed by atoms with van der Waals surface area (Å²) in [5.74, 6) is -0.171. The van der Waals surface area contributed by atoms with E-state index < -0.39 is 6.10 Å². The van der Waals surface area contributed by atoms with Crippen LogP contribution in [0, 0.1) is 13.8 Å². The van der Waals surface area contributed by atoms with E-state index >= 15 is 0 Å². The van der Waals surface area contributed by atoms with Crippen LogP contribution < -0.4 is 5.32 Å². The average Bonchev–Trinajstić information content (AvgIpc) is 3.11. The number of para-hydroxylation sites is 1. The van der Waals surface area contributed by atoms with E-state index in [1.54, 1.807) is 6.07 Å². The van der Waals surface area contributed by atoms with Gasteiger partial charge < -0.3 is 19.9 Å². The van der Waals surface area contributed by atoms with Gasteiger partial charge in [0.2, 0.25) is 0 Å². The molecule has 4 rings (SSSR count). The van der Waals surface area contributed by atoms with Gasteiger partial charge >= 0.3 is 0 Å². The molecule has 6 nitrogen and oxygen atoms in total. The van der Waals surface area contributed by atoms with Crippen LogP contribution in [0.1, 0.15) is 21.6 Å². The van der Waals surface area contributed by atoms with Gasteiger partial charge in [0.25, 0.3) is 5.91 Å². The largest absolute Gasteiger partial charge is 0.388 e. The smallest absolute Gasteiger partial charge is 0.252 e. The predicted octanol–water partition coefficient (Wildman–Crippen LogP) is 1.11. The quantitative estimate of drug-likeness (QED) is 0.863. The van der Waals surface area contributed by atoms with Gasteiger partial charge in [-0.3, -0.25) is 9.78 Å². The van der Waals surface area contributed by atoms with Crippen molar-refractivity contribution in [1.82, 2.24) is 10.3 Å². The lowest BCUT2D eigenvalue weighted by Crippen LogP contribution is -2.44. The highest BCUT2D eigenvalue weighted by molar-refractivity contribution is 6.06. The average molecular weight is 328 g/mol. The Hall–Kier alpha value is -2.02. The van der Waals surface area contributed by atoms with Crippen molar-refractivity contribution in [2.75, 3.05) is 13.2 Å². The van der Waals surface area contributed by atoms with Crippen LogP contribution in [0.2, 0.25) is 0 Å². The molecule has 0 saturated carbocycles. The van der Waals surface area contributed by atoms with E-state index in [0.717, 1.165) is 22.2 Å². The molecule has 4 atom stereocenters. The molecule has 1 aromatic heterocycles. The maximum absolute atomic E-state index is 12.8. The molecule has 1 amide bonds. The maximum Gasteiger partial charge on any atom is 0.252 e. The minimum Gasteiger partial charge on any atom is -0.388 e. The Kier molecular flexibility index (Phi) is 3.75. The summed E-state index contributed by atoms with van der Waals surface area (Å²) >= 11 is 0. The van der Waals surface area contributed by atoms with Crippen LogP contribution in [0.15, 0.2) is 24.3 Å². The van der Waals surface area contributed by atoms with Crippen LogP contribution >= 0.6 is 0 Å². The number of aromatic nitrogens is 1. The minimum absolute atomic E-state index is 0.171. The number of nitrogens with one attached hydrogen (secondary N) is 1. The number of benzene rings is 1. The first kappa shape index (κ1) is 15.5. The zero-order chi connectivity index (χ0) is 16.8. The number of carbonyl (C=O) groups excluding carboxylic acids is 1. The Labute approximate surface area is 139 Å². The van der Waals surface area contributed by atoms with Crippen LogP contribution in [-0.4, -0.2) is 53.6 Å². The van der Waals surface area contributed by atoms with Crippen LogP contribution in [-0.2, 0) is 9.47 Å². The lowest BCUT2D eigenvalue weighted by Gasteiger charge is -2.18. The second-order valence-electron chi connectivity index (χ2n) is 6.53. The summed E-state index contributed by atoms with van der Waals surface area (Å²) in [7, 11) is 0. The number of amides is 1. The zero-order valence-electron chi connectivity index (χ0n) is 13.7. The van der Waals surface area contributed by atoms with Gasteiger partial charge in [-0.05, 0) is 25.5 Å². The summed E-state index contributed by atoms with van der Waals surface area (Å²) in [4.78, 5) is 17.4. The number of pyridine rings is 1. The van der Waals surface area contributed by atoms with Crippen molar-refractivity contribution in [2.45, 2.75) is 38.2 Å². The van der Waals surface area contributed by atoms with Gasteiger partial charge in [0, 0.05) is 11.1 Å². The van der Waals surface area contributed by atoms with Crippen LogP contribution in [0.25, 0.3) is 10.9 Å². The summed E-state index contributed by atoms with van der Waals surface area (Å²) < 4.78 is 11.1. The monoisotopic (exact) mass is 328 g/mol. The molecule has 0 aliphatic carbocycles. The Balaban J connectivity index is 1.64. The second kappa shape index (κ2) is 5.81. The molecule has 2 aliphatic rings. The topological polar surface area (TPSA) is 80.7 Å². The second-order valence-corrected chi connectivity index (χ2v) is 6.53. The first-order valence-electron chi connectivity index (χ1n) is 8.13. The van der Waals surface area contributed by atoms with Crippen molar-refractivity contribution < 1.29 is 19.4 Å². The highest BCUT2D eigenvalue weighted by atomic mass is 16.6. The molecule has 6 heteroatoms. The molecule has 0 unspecified atom stereocenters. The van der Waals surface area contributed by atoms with E-state index in [9.17, 15) is 9.90 Å². The van der Waals surface area contributed by atoms with Gasteiger partial charge in [-0.15, -0.1) is 0 Å². The van der Waals surface area contributed by atoms with Crippen molar-refractivity contribution in [2.24, 2.45) is 0 Å². The lowest BCUT2D eigenvalue weighted by atomic mass is 10.0. The Morgan fingerprint density at radius 1 is 1.25 bits per heavy atom. The maximum atomic E-state index is 12.8. The number of ether oxygens (including phenoxy) is 2. The fourth-order valence-electron chi connectivity index (χ4n) is 3.56. The molecule has 2 aromatic rings. The van der Waals surface area contributed by atoms with Crippen LogP contribution in [0.3, 0.4) is 0 Å². The molecule has 0 spiro atoms. The summed E-state index contributed by atoms with van der Waals surface area (Å²) in [6, 6.07) is 7.37. The molecular weight excluding hydrogens is 308 g/mol. The summed E-state index contributed by atoms with van der Waals surface area (Å²) in [6.07, 6.45) is -1.27. The molecule has 2 fully saturated rings. The van der Waals surface area contributed by atoms with Crippen LogP contribution in [0.5, 0.6) is 0 Å². The molecule has 0 radical (unpaired) electrons. The Morgan fingerprint density at radius 3 is 2.88 bits per heavy atom. The van der Waals surface area contributed by atoms with Crippen molar-refractivity contribution in [3.05, 3.63) is 41.1 Å². The number of fused-ring (bicyclic) bond motifs is 2. The van der Waals surface area contributed by atoms with Gasteiger partial charge in [-0.2, -0.15) is 0 Å². The number of hydrogen-bond donors (Lipinski definition) is 2. The zero-order valence-corrected chi connectivity index (χ0v) is 13.7. The molecule has 1 aromatic carbocycles.